The summed E-state index contributed by atoms with van der Waals surface area (Å²) in [5, 5.41) is 4.12. The van der Waals surface area contributed by atoms with Gasteiger partial charge in [0.2, 0.25) is 5.88 Å². The van der Waals surface area contributed by atoms with Gasteiger partial charge in [-0.05, 0) is 36.2 Å². The number of nitrogens with two attached hydrogens (primary N) is 1. The predicted octanol–water partition coefficient (Wildman–Crippen LogP) is 5.42. The van der Waals surface area contributed by atoms with Crippen LogP contribution in [-0.2, 0) is 0 Å². The van der Waals surface area contributed by atoms with Gasteiger partial charge in [-0.25, -0.2) is 0 Å². The Bertz CT molecular complexity index is 795. The van der Waals surface area contributed by atoms with Crippen LogP contribution in [0.1, 0.15) is 5.56 Å². The van der Waals surface area contributed by atoms with E-state index in [-0.39, 0.29) is 0 Å². The molecule has 0 saturated heterocycles. The third-order valence-corrected chi connectivity index (χ3v) is 4.68. The van der Waals surface area contributed by atoms with Crippen molar-refractivity contribution in [3.8, 4) is 22.4 Å². The maximum Gasteiger partial charge on any atom is 0.230 e. The van der Waals surface area contributed by atoms with Gasteiger partial charge >= 0.3 is 0 Å². The summed E-state index contributed by atoms with van der Waals surface area (Å²) < 4.78 is 7.25. The summed E-state index contributed by atoms with van der Waals surface area (Å²) in [6.07, 6.45) is 0. The normalized spacial score (nSPS) is 10.8. The highest BCUT2D eigenvalue weighted by Gasteiger charge is 2.17. The van der Waals surface area contributed by atoms with Crippen molar-refractivity contribution >= 4 is 37.7 Å². The number of nitrogens with zero attached hydrogens (tertiary/aromatic N) is 1. The zero-order valence-electron chi connectivity index (χ0n) is 11.2. The molecule has 5 heteroatoms. The Morgan fingerprint density at radius 3 is 2.33 bits per heavy atom. The standard InChI is InChI=1S/C16H12Br2N2O/c1-9-2-3-11(8-13(9)18)15-14(16(19)21-20-15)10-4-6-12(17)7-5-10/h2-8H,19H2,1H3. The molecule has 21 heavy (non-hydrogen) atoms. The van der Waals surface area contributed by atoms with Crippen molar-refractivity contribution in [3.63, 3.8) is 0 Å². The predicted molar refractivity (Wildman–Crippen MR) is 91.9 cm³/mol. The van der Waals surface area contributed by atoms with Crippen LogP contribution in [0.4, 0.5) is 5.88 Å². The summed E-state index contributed by atoms with van der Waals surface area (Å²) in [5.74, 6) is 0.323. The number of anilines is 1. The summed E-state index contributed by atoms with van der Waals surface area (Å²) in [7, 11) is 0. The fourth-order valence-electron chi connectivity index (χ4n) is 2.14. The average molecular weight is 408 g/mol. The van der Waals surface area contributed by atoms with Gasteiger partial charge in [0.05, 0.1) is 5.56 Å². The number of hydrogen-bond acceptors (Lipinski definition) is 3. The van der Waals surface area contributed by atoms with Gasteiger partial charge in [-0.1, -0.05) is 61.3 Å². The second kappa shape index (κ2) is 5.66. The smallest absolute Gasteiger partial charge is 0.230 e. The maximum absolute atomic E-state index is 5.96. The summed E-state index contributed by atoms with van der Waals surface area (Å²) in [4.78, 5) is 0. The zero-order valence-corrected chi connectivity index (χ0v) is 14.4. The van der Waals surface area contributed by atoms with Gasteiger partial charge in [0, 0.05) is 14.5 Å². The quantitative estimate of drug-likeness (QED) is 0.616. The number of rotatable bonds is 2. The first-order valence-electron chi connectivity index (χ1n) is 6.34. The molecule has 1 aromatic heterocycles. The number of benzene rings is 2. The molecule has 3 aromatic rings. The highest BCUT2D eigenvalue weighted by molar-refractivity contribution is 9.10. The molecule has 0 aliphatic rings. The molecule has 0 spiro atoms. The summed E-state index contributed by atoms with van der Waals surface area (Å²) in [6.45, 7) is 2.04. The number of hydrogen-bond donors (Lipinski definition) is 1. The second-order valence-electron chi connectivity index (χ2n) is 4.74. The summed E-state index contributed by atoms with van der Waals surface area (Å²) >= 11 is 6.98. The summed E-state index contributed by atoms with van der Waals surface area (Å²) in [5.41, 5.74) is 10.6. The van der Waals surface area contributed by atoms with E-state index in [1.54, 1.807) is 0 Å². The van der Waals surface area contributed by atoms with Crippen LogP contribution in [-0.4, -0.2) is 5.16 Å². The Labute approximate surface area is 139 Å². The lowest BCUT2D eigenvalue weighted by atomic mass is 10.0. The van der Waals surface area contributed by atoms with Crippen LogP contribution in [0, 0.1) is 6.92 Å². The molecule has 2 N–H and O–H groups in total. The minimum atomic E-state index is 0.323. The van der Waals surface area contributed by atoms with Crippen molar-refractivity contribution in [2.24, 2.45) is 0 Å². The van der Waals surface area contributed by atoms with E-state index in [2.05, 4.69) is 37.0 Å². The van der Waals surface area contributed by atoms with Crippen LogP contribution in [0.25, 0.3) is 22.4 Å². The van der Waals surface area contributed by atoms with Crippen molar-refractivity contribution in [2.75, 3.05) is 5.73 Å². The van der Waals surface area contributed by atoms with E-state index in [1.807, 2.05) is 49.4 Å². The highest BCUT2D eigenvalue weighted by Crippen LogP contribution is 2.37. The van der Waals surface area contributed by atoms with Gasteiger partial charge in [-0.3, -0.25) is 0 Å². The van der Waals surface area contributed by atoms with Crippen LogP contribution in [0.5, 0.6) is 0 Å². The van der Waals surface area contributed by atoms with E-state index in [0.29, 0.717) is 5.88 Å². The number of aryl methyl sites for hydroxylation is 1. The lowest BCUT2D eigenvalue weighted by Gasteiger charge is -2.05. The molecular weight excluding hydrogens is 396 g/mol. The van der Waals surface area contributed by atoms with Gasteiger partial charge < -0.3 is 10.3 Å². The second-order valence-corrected chi connectivity index (χ2v) is 6.51. The van der Waals surface area contributed by atoms with E-state index >= 15 is 0 Å². The van der Waals surface area contributed by atoms with E-state index in [4.69, 9.17) is 10.3 Å². The molecule has 0 saturated carbocycles. The lowest BCUT2D eigenvalue weighted by molar-refractivity contribution is 0.439. The number of aromatic nitrogens is 1. The molecule has 0 aliphatic heterocycles. The molecule has 0 atom stereocenters. The van der Waals surface area contributed by atoms with Crippen LogP contribution in [0.15, 0.2) is 55.9 Å². The van der Waals surface area contributed by atoms with Gasteiger partial charge in [-0.15, -0.1) is 0 Å². The Kier molecular flexibility index (Phi) is 3.87. The first-order valence-corrected chi connectivity index (χ1v) is 7.92. The third-order valence-electron chi connectivity index (χ3n) is 3.30. The Hall–Kier alpha value is -1.59. The van der Waals surface area contributed by atoms with Gasteiger partial charge in [0.15, 0.2) is 0 Å². The highest BCUT2D eigenvalue weighted by atomic mass is 79.9. The van der Waals surface area contributed by atoms with Crippen molar-refractivity contribution in [1.29, 1.82) is 0 Å². The molecule has 0 amide bonds. The molecule has 2 aromatic carbocycles. The Morgan fingerprint density at radius 2 is 1.67 bits per heavy atom. The van der Waals surface area contributed by atoms with Gasteiger partial charge in [-0.2, -0.15) is 0 Å². The van der Waals surface area contributed by atoms with Crippen LogP contribution < -0.4 is 5.73 Å². The van der Waals surface area contributed by atoms with E-state index in [1.165, 1.54) is 5.56 Å². The largest absolute Gasteiger partial charge is 0.367 e. The minimum absolute atomic E-state index is 0.323. The van der Waals surface area contributed by atoms with Crippen molar-refractivity contribution in [3.05, 3.63) is 57.0 Å². The van der Waals surface area contributed by atoms with E-state index in [9.17, 15) is 0 Å². The van der Waals surface area contributed by atoms with Crippen LogP contribution in [0.2, 0.25) is 0 Å². The molecule has 3 rings (SSSR count). The molecule has 0 unspecified atom stereocenters. The van der Waals surface area contributed by atoms with E-state index < -0.39 is 0 Å². The first kappa shape index (κ1) is 14.4. The zero-order chi connectivity index (χ0) is 15.0. The summed E-state index contributed by atoms with van der Waals surface area (Å²) in [6, 6.07) is 14.0. The van der Waals surface area contributed by atoms with Gasteiger partial charge in [0.25, 0.3) is 0 Å². The fourth-order valence-corrected chi connectivity index (χ4v) is 2.78. The Balaban J connectivity index is 2.16. The van der Waals surface area contributed by atoms with Crippen molar-refractivity contribution < 1.29 is 4.52 Å². The lowest BCUT2D eigenvalue weighted by Crippen LogP contribution is -1.88. The third kappa shape index (κ3) is 2.76. The fraction of sp³-hybridized carbons (Fsp3) is 0.0625. The molecule has 0 radical (unpaired) electrons. The Morgan fingerprint density at radius 1 is 1.00 bits per heavy atom. The average Bonchev–Trinajstić information content (AvgIpc) is 2.85. The number of halogens is 2. The molecule has 106 valence electrons. The molecular formula is C16H12Br2N2O. The van der Waals surface area contributed by atoms with E-state index in [0.717, 1.165) is 31.3 Å². The first-order chi connectivity index (χ1) is 10.1. The minimum Gasteiger partial charge on any atom is -0.367 e. The topological polar surface area (TPSA) is 52.0 Å². The molecule has 3 nitrogen and oxygen atoms in total. The number of nitrogen functional groups attached to an aromatic ring is 1. The molecule has 0 bridgehead atoms. The van der Waals surface area contributed by atoms with Crippen LogP contribution in [0.3, 0.4) is 0 Å². The SMILES string of the molecule is Cc1ccc(-c2noc(N)c2-c2ccc(Br)cc2)cc1Br. The molecule has 0 fully saturated rings. The molecule has 0 aliphatic carbocycles. The van der Waals surface area contributed by atoms with Crippen molar-refractivity contribution in [1.82, 2.24) is 5.16 Å². The maximum atomic E-state index is 5.96. The monoisotopic (exact) mass is 406 g/mol. The molecule has 1 heterocycles. The van der Waals surface area contributed by atoms with Crippen molar-refractivity contribution in [2.45, 2.75) is 6.92 Å². The van der Waals surface area contributed by atoms with Crippen LogP contribution >= 0.6 is 31.9 Å². The van der Waals surface area contributed by atoms with Gasteiger partial charge in [0.1, 0.15) is 5.69 Å².